The number of fused-ring (bicyclic) bond motifs is 1. The number of alkyl halides is 3. The summed E-state index contributed by atoms with van der Waals surface area (Å²) in [5.41, 5.74) is -1.15. The molecule has 22 heavy (non-hydrogen) atoms. The Morgan fingerprint density at radius 3 is 2.55 bits per heavy atom. The highest BCUT2D eigenvalue weighted by molar-refractivity contribution is 7.92. The maximum absolute atomic E-state index is 12.5. The molecule has 0 radical (unpaired) electrons. The molecule has 0 aromatic carbocycles. The fourth-order valence-corrected chi connectivity index (χ4v) is 3.53. The molecule has 0 saturated carbocycles. The lowest BCUT2D eigenvalue weighted by atomic mass is 10.3. The molecule has 1 aliphatic heterocycles. The van der Waals surface area contributed by atoms with Gasteiger partial charge in [-0.3, -0.25) is 4.98 Å². The molecule has 0 bridgehead atoms. The van der Waals surface area contributed by atoms with Gasteiger partial charge in [0, 0.05) is 19.3 Å². The van der Waals surface area contributed by atoms with Crippen LogP contribution in [0.2, 0.25) is 0 Å². The van der Waals surface area contributed by atoms with E-state index in [1.807, 2.05) is 0 Å². The molecule has 0 atom stereocenters. The second-order valence-electron chi connectivity index (χ2n) is 4.59. The second kappa shape index (κ2) is 4.93. The molecule has 118 valence electrons. The van der Waals surface area contributed by atoms with E-state index < -0.39 is 21.9 Å². The van der Waals surface area contributed by atoms with Crippen molar-refractivity contribution in [2.24, 2.45) is 0 Å². The smallest absolute Gasteiger partial charge is 0.250 e. The first kappa shape index (κ1) is 14.8. The Morgan fingerprint density at radius 2 is 1.91 bits per heavy atom. The van der Waals surface area contributed by atoms with Crippen molar-refractivity contribution in [1.82, 2.24) is 19.7 Å². The molecule has 3 heterocycles. The predicted molar refractivity (Wildman–Crippen MR) is 68.4 cm³/mol. The van der Waals surface area contributed by atoms with Crippen molar-refractivity contribution in [1.29, 1.82) is 0 Å². The third kappa shape index (κ3) is 2.40. The zero-order valence-electron chi connectivity index (χ0n) is 11.0. The van der Waals surface area contributed by atoms with Crippen molar-refractivity contribution < 1.29 is 21.6 Å². The largest absolute Gasteiger partial charge is 0.433 e. The SMILES string of the molecule is O=S(=O)(c1ccc(C(F)(F)F)nc1)N1CCCn2ncnc21. The van der Waals surface area contributed by atoms with Gasteiger partial charge < -0.3 is 0 Å². The van der Waals surface area contributed by atoms with Gasteiger partial charge in [-0.05, 0) is 18.6 Å². The molecule has 0 fully saturated rings. The second-order valence-corrected chi connectivity index (χ2v) is 6.45. The number of hydrogen-bond acceptors (Lipinski definition) is 5. The van der Waals surface area contributed by atoms with Gasteiger partial charge in [-0.1, -0.05) is 0 Å². The van der Waals surface area contributed by atoms with Crippen LogP contribution in [-0.4, -0.2) is 34.7 Å². The summed E-state index contributed by atoms with van der Waals surface area (Å²) in [4.78, 5) is 6.74. The van der Waals surface area contributed by atoms with Gasteiger partial charge in [0.1, 0.15) is 16.9 Å². The van der Waals surface area contributed by atoms with Crippen LogP contribution in [0.25, 0.3) is 0 Å². The van der Waals surface area contributed by atoms with Crippen LogP contribution in [0.15, 0.2) is 29.6 Å². The monoisotopic (exact) mass is 333 g/mol. The lowest BCUT2D eigenvalue weighted by Gasteiger charge is -2.27. The van der Waals surface area contributed by atoms with Crippen molar-refractivity contribution >= 4 is 16.0 Å². The first-order valence-electron chi connectivity index (χ1n) is 6.24. The lowest BCUT2D eigenvalue weighted by molar-refractivity contribution is -0.141. The molecule has 0 amide bonds. The van der Waals surface area contributed by atoms with E-state index in [1.165, 1.54) is 11.0 Å². The third-order valence-electron chi connectivity index (χ3n) is 3.16. The van der Waals surface area contributed by atoms with Crippen LogP contribution < -0.4 is 4.31 Å². The van der Waals surface area contributed by atoms with Gasteiger partial charge in [0.15, 0.2) is 0 Å². The molecule has 2 aromatic heterocycles. The zero-order chi connectivity index (χ0) is 16.0. The Kier molecular flexibility index (Phi) is 3.31. The number of halogens is 3. The molecule has 0 aliphatic carbocycles. The van der Waals surface area contributed by atoms with E-state index >= 15 is 0 Å². The first-order valence-corrected chi connectivity index (χ1v) is 7.68. The van der Waals surface area contributed by atoms with Crippen molar-refractivity contribution in [2.45, 2.75) is 24.0 Å². The summed E-state index contributed by atoms with van der Waals surface area (Å²) in [6, 6.07) is 1.53. The molecule has 2 aromatic rings. The van der Waals surface area contributed by atoms with E-state index in [2.05, 4.69) is 15.1 Å². The van der Waals surface area contributed by atoms with Crippen LogP contribution in [0.3, 0.4) is 0 Å². The molecule has 0 unspecified atom stereocenters. The van der Waals surface area contributed by atoms with Crippen molar-refractivity contribution in [3.63, 3.8) is 0 Å². The van der Waals surface area contributed by atoms with Crippen molar-refractivity contribution in [3.05, 3.63) is 30.4 Å². The van der Waals surface area contributed by atoms with Crippen molar-refractivity contribution in [2.75, 3.05) is 10.8 Å². The number of rotatable bonds is 2. The molecule has 3 rings (SSSR count). The van der Waals surface area contributed by atoms with Crippen LogP contribution >= 0.6 is 0 Å². The quantitative estimate of drug-likeness (QED) is 0.827. The fraction of sp³-hybridized carbons (Fsp3) is 0.364. The Labute approximate surface area is 123 Å². The van der Waals surface area contributed by atoms with Gasteiger partial charge >= 0.3 is 6.18 Å². The van der Waals surface area contributed by atoms with Gasteiger partial charge in [0.05, 0.1) is 0 Å². The average molecular weight is 333 g/mol. The van der Waals surface area contributed by atoms with E-state index in [-0.39, 0.29) is 17.4 Å². The highest BCUT2D eigenvalue weighted by Crippen LogP contribution is 2.29. The molecule has 1 aliphatic rings. The van der Waals surface area contributed by atoms with Crippen molar-refractivity contribution in [3.8, 4) is 0 Å². The summed E-state index contributed by atoms with van der Waals surface area (Å²) in [6.45, 7) is 0.717. The summed E-state index contributed by atoms with van der Waals surface area (Å²) in [5, 5.41) is 3.90. The highest BCUT2D eigenvalue weighted by atomic mass is 32.2. The van der Waals surface area contributed by atoms with Crippen LogP contribution in [0.5, 0.6) is 0 Å². The third-order valence-corrected chi connectivity index (χ3v) is 4.93. The average Bonchev–Trinajstić information content (AvgIpc) is 2.94. The summed E-state index contributed by atoms with van der Waals surface area (Å²) in [6.07, 6.45) is -2.15. The molecule has 0 spiro atoms. The van der Waals surface area contributed by atoms with E-state index in [0.717, 1.165) is 10.4 Å². The van der Waals surface area contributed by atoms with E-state index in [9.17, 15) is 21.6 Å². The van der Waals surface area contributed by atoms with Gasteiger partial charge in [0.2, 0.25) is 5.95 Å². The minimum absolute atomic E-state index is 0.145. The molecule has 7 nitrogen and oxygen atoms in total. The zero-order valence-corrected chi connectivity index (χ0v) is 11.8. The number of sulfonamides is 1. The summed E-state index contributed by atoms with van der Waals surface area (Å²) in [7, 11) is -4.03. The molecule has 0 N–H and O–H groups in total. The normalized spacial score (nSPS) is 15.7. The fourth-order valence-electron chi connectivity index (χ4n) is 2.13. The minimum atomic E-state index is -4.62. The topological polar surface area (TPSA) is 81.0 Å². The Balaban J connectivity index is 1.98. The molecule has 0 saturated heterocycles. The maximum Gasteiger partial charge on any atom is 0.433 e. The standard InChI is InChI=1S/C11H10F3N5O2S/c12-11(13,14)9-3-2-8(6-15-9)22(20,21)19-5-1-4-18-10(19)16-7-17-18/h2-3,6-7H,1,4-5H2. The van der Waals surface area contributed by atoms with E-state index in [1.54, 1.807) is 0 Å². The van der Waals surface area contributed by atoms with Gasteiger partial charge in [0.25, 0.3) is 10.0 Å². The predicted octanol–water partition coefficient (Wildman–Crippen LogP) is 1.29. The molecular weight excluding hydrogens is 323 g/mol. The first-order chi connectivity index (χ1) is 10.3. The summed E-state index contributed by atoms with van der Waals surface area (Å²) in [5.74, 6) is 0.145. The number of aromatic nitrogens is 4. The van der Waals surface area contributed by atoms with Gasteiger partial charge in [-0.2, -0.15) is 23.3 Å². The van der Waals surface area contributed by atoms with Crippen LogP contribution in [0.1, 0.15) is 12.1 Å². The summed E-state index contributed by atoms with van der Waals surface area (Å²) >= 11 is 0. The molecular formula is C11H10F3N5O2S. The Bertz CT molecular complexity index is 785. The Morgan fingerprint density at radius 1 is 1.14 bits per heavy atom. The number of hydrogen-bond donors (Lipinski definition) is 0. The highest BCUT2D eigenvalue weighted by Gasteiger charge is 2.35. The Hall–Kier alpha value is -2.17. The number of aryl methyl sites for hydroxylation is 1. The van der Waals surface area contributed by atoms with Gasteiger partial charge in [-0.25, -0.2) is 17.4 Å². The number of pyridine rings is 1. The number of anilines is 1. The van der Waals surface area contributed by atoms with Crippen LogP contribution in [-0.2, 0) is 22.7 Å². The lowest BCUT2D eigenvalue weighted by Crippen LogP contribution is -2.38. The van der Waals surface area contributed by atoms with E-state index in [4.69, 9.17) is 0 Å². The van der Waals surface area contributed by atoms with E-state index in [0.29, 0.717) is 25.2 Å². The van der Waals surface area contributed by atoms with Gasteiger partial charge in [-0.15, -0.1) is 0 Å². The summed E-state index contributed by atoms with van der Waals surface area (Å²) < 4.78 is 65.0. The minimum Gasteiger partial charge on any atom is -0.250 e. The maximum atomic E-state index is 12.5. The number of nitrogens with zero attached hydrogens (tertiary/aromatic N) is 5. The van der Waals surface area contributed by atoms with Crippen LogP contribution in [0, 0.1) is 0 Å². The molecule has 11 heteroatoms. The van der Waals surface area contributed by atoms with Crippen LogP contribution in [0.4, 0.5) is 19.1 Å².